The predicted octanol–water partition coefficient (Wildman–Crippen LogP) is 2.80. The molecule has 0 radical (unpaired) electrons. The average Bonchev–Trinajstić information content (AvgIpc) is 2.82. The molecule has 9 nitrogen and oxygen atoms in total. The lowest BCUT2D eigenvalue weighted by atomic mass is 10.1. The maximum atomic E-state index is 6.06. The molecule has 4 rings (SSSR count). The van der Waals surface area contributed by atoms with Gasteiger partial charge >= 0.3 is 0 Å². The number of ether oxygens (including phenoxy) is 3. The summed E-state index contributed by atoms with van der Waals surface area (Å²) in [7, 11) is 0. The van der Waals surface area contributed by atoms with Crippen molar-refractivity contribution in [1.29, 1.82) is 0 Å². The van der Waals surface area contributed by atoms with E-state index in [4.69, 9.17) is 19.9 Å². The number of nitrogens with two attached hydrogens (primary N) is 1. The molecule has 9 heteroatoms. The molecule has 2 fully saturated rings. The Balaban J connectivity index is 1.45. The van der Waals surface area contributed by atoms with Crippen molar-refractivity contribution in [1.82, 2.24) is 9.88 Å². The lowest BCUT2D eigenvalue weighted by Crippen LogP contribution is -2.38. The van der Waals surface area contributed by atoms with Gasteiger partial charge in [0.05, 0.1) is 33.0 Å². The van der Waals surface area contributed by atoms with E-state index in [1.54, 1.807) is 0 Å². The Morgan fingerprint density at radius 1 is 1.03 bits per heavy atom. The minimum absolute atomic E-state index is 0.407. The summed E-state index contributed by atoms with van der Waals surface area (Å²) in [5.74, 6) is 1.09. The number of pyridine rings is 1. The van der Waals surface area contributed by atoms with Crippen LogP contribution in [-0.2, 0) is 16.0 Å². The summed E-state index contributed by atoms with van der Waals surface area (Å²) < 4.78 is 16.9. The number of aryl methyl sites for hydroxylation is 1. The van der Waals surface area contributed by atoms with Crippen LogP contribution in [0.25, 0.3) is 0 Å². The monoisotopic (exact) mass is 440 g/mol. The van der Waals surface area contributed by atoms with Crippen LogP contribution in [0.4, 0.5) is 17.2 Å². The average molecular weight is 441 g/mol. The first-order chi connectivity index (χ1) is 15.7. The summed E-state index contributed by atoms with van der Waals surface area (Å²) >= 11 is 0. The van der Waals surface area contributed by atoms with Crippen molar-refractivity contribution in [2.75, 3.05) is 76.4 Å². The molecule has 172 valence electrons. The fourth-order valence-corrected chi connectivity index (χ4v) is 3.77. The van der Waals surface area contributed by atoms with Gasteiger partial charge in [0.1, 0.15) is 6.61 Å². The van der Waals surface area contributed by atoms with Gasteiger partial charge in [-0.15, -0.1) is 5.11 Å². The van der Waals surface area contributed by atoms with Crippen LogP contribution in [-0.4, -0.2) is 75.6 Å². The fraction of sp³-hybridized carbons (Fsp3) is 0.522. The number of benzene rings is 1. The highest BCUT2D eigenvalue weighted by Gasteiger charge is 2.15. The Labute approximate surface area is 189 Å². The summed E-state index contributed by atoms with van der Waals surface area (Å²) in [6.45, 7) is 10.4. The minimum atomic E-state index is 0.407. The van der Waals surface area contributed by atoms with E-state index in [1.165, 1.54) is 0 Å². The van der Waals surface area contributed by atoms with Crippen molar-refractivity contribution in [2.45, 2.75) is 13.5 Å². The summed E-state index contributed by atoms with van der Waals surface area (Å²) in [6, 6.07) is 9.85. The lowest BCUT2D eigenvalue weighted by molar-refractivity contribution is 0.0320. The molecular weight excluding hydrogens is 408 g/mol. The van der Waals surface area contributed by atoms with E-state index in [2.05, 4.69) is 25.0 Å². The van der Waals surface area contributed by atoms with Crippen LogP contribution >= 0.6 is 0 Å². The molecule has 2 N–H and O–H groups in total. The van der Waals surface area contributed by atoms with Crippen LogP contribution in [0.15, 0.2) is 40.6 Å². The third kappa shape index (κ3) is 6.38. The van der Waals surface area contributed by atoms with Crippen molar-refractivity contribution in [3.63, 3.8) is 0 Å². The molecule has 0 amide bonds. The summed E-state index contributed by atoms with van der Waals surface area (Å²) in [4.78, 5) is 9.16. The molecule has 0 unspecified atom stereocenters. The third-order valence-corrected chi connectivity index (χ3v) is 5.62. The van der Waals surface area contributed by atoms with Crippen molar-refractivity contribution in [3.8, 4) is 5.88 Å². The number of rotatable bonds is 8. The molecule has 2 saturated heterocycles. The van der Waals surface area contributed by atoms with Gasteiger partial charge in [-0.3, -0.25) is 4.90 Å². The Bertz CT molecular complexity index is 911. The number of azo groups is 1. The molecule has 1 aromatic heterocycles. The summed E-state index contributed by atoms with van der Waals surface area (Å²) in [6.07, 6.45) is 0. The zero-order valence-corrected chi connectivity index (χ0v) is 18.7. The van der Waals surface area contributed by atoms with Gasteiger partial charge in [0.2, 0.25) is 5.88 Å². The molecule has 1 aromatic carbocycles. The fourth-order valence-electron chi connectivity index (χ4n) is 3.77. The molecular formula is C23H32N6O3. The number of hydrogen-bond donors (Lipinski definition) is 1. The van der Waals surface area contributed by atoms with E-state index in [9.17, 15) is 0 Å². The number of anilines is 2. The lowest BCUT2D eigenvalue weighted by Gasteiger charge is -2.29. The number of nitrogen functional groups attached to an aromatic ring is 1. The van der Waals surface area contributed by atoms with E-state index in [0.717, 1.165) is 68.4 Å². The molecule has 3 heterocycles. The molecule has 2 aliphatic heterocycles. The van der Waals surface area contributed by atoms with Gasteiger partial charge in [-0.05, 0) is 18.6 Å². The second-order valence-electron chi connectivity index (χ2n) is 8.03. The second-order valence-corrected chi connectivity index (χ2v) is 8.03. The van der Waals surface area contributed by atoms with E-state index in [0.29, 0.717) is 38.1 Å². The van der Waals surface area contributed by atoms with Gasteiger partial charge in [0, 0.05) is 56.2 Å². The summed E-state index contributed by atoms with van der Waals surface area (Å²) in [5.41, 5.74) is 9.91. The number of aromatic nitrogens is 1. The number of nitrogens with zero attached hydrogens (tertiary/aromatic N) is 5. The Hall–Kier alpha value is -2.75. The van der Waals surface area contributed by atoms with Gasteiger partial charge in [0.25, 0.3) is 0 Å². The predicted molar refractivity (Wildman–Crippen MR) is 124 cm³/mol. The molecule has 0 bridgehead atoms. The smallest absolute Gasteiger partial charge is 0.217 e. The van der Waals surface area contributed by atoms with E-state index in [1.807, 2.05) is 37.3 Å². The highest BCUT2D eigenvalue weighted by Crippen LogP contribution is 2.27. The standard InChI is InChI=1S/C23H32N6O3/c1-18-2-3-21(24)19(14-18)17-25-27-22-15-20(29-7-11-31-12-8-29)16-23(26-22)32-13-6-28-4-9-30-10-5-28/h2-3,14-16H,4-13,17,24H2,1H3. The van der Waals surface area contributed by atoms with Gasteiger partial charge in [-0.2, -0.15) is 10.1 Å². The van der Waals surface area contributed by atoms with E-state index >= 15 is 0 Å². The van der Waals surface area contributed by atoms with Crippen LogP contribution in [0.3, 0.4) is 0 Å². The molecule has 0 aliphatic carbocycles. The van der Waals surface area contributed by atoms with Gasteiger partial charge in [0.15, 0.2) is 5.82 Å². The van der Waals surface area contributed by atoms with Crippen LogP contribution < -0.4 is 15.4 Å². The van der Waals surface area contributed by atoms with Crippen molar-refractivity contribution in [2.24, 2.45) is 10.2 Å². The van der Waals surface area contributed by atoms with Crippen molar-refractivity contribution < 1.29 is 14.2 Å². The SMILES string of the molecule is Cc1ccc(N)c(CN=Nc2cc(N3CCOCC3)cc(OCCN3CCOCC3)n2)c1. The second kappa shape index (κ2) is 11.2. The maximum absolute atomic E-state index is 6.06. The molecule has 0 saturated carbocycles. The highest BCUT2D eigenvalue weighted by atomic mass is 16.5. The van der Waals surface area contributed by atoms with E-state index < -0.39 is 0 Å². The highest BCUT2D eigenvalue weighted by molar-refractivity contribution is 5.55. The van der Waals surface area contributed by atoms with Gasteiger partial charge < -0.3 is 24.8 Å². The van der Waals surface area contributed by atoms with Crippen LogP contribution in [0.5, 0.6) is 5.88 Å². The first-order valence-corrected chi connectivity index (χ1v) is 11.2. The normalized spacial score (nSPS) is 17.7. The van der Waals surface area contributed by atoms with Crippen molar-refractivity contribution >= 4 is 17.2 Å². The largest absolute Gasteiger partial charge is 0.476 e. The van der Waals surface area contributed by atoms with Gasteiger partial charge in [-0.25, -0.2) is 0 Å². The molecule has 0 atom stereocenters. The summed E-state index contributed by atoms with van der Waals surface area (Å²) in [5, 5.41) is 8.74. The van der Waals surface area contributed by atoms with Crippen LogP contribution in [0.2, 0.25) is 0 Å². The third-order valence-electron chi connectivity index (χ3n) is 5.62. The van der Waals surface area contributed by atoms with Gasteiger partial charge in [-0.1, -0.05) is 17.7 Å². The maximum Gasteiger partial charge on any atom is 0.217 e. The quantitative estimate of drug-likeness (QED) is 0.498. The number of morpholine rings is 2. The van der Waals surface area contributed by atoms with Crippen LogP contribution in [0.1, 0.15) is 11.1 Å². The first kappa shape index (κ1) is 22.4. The Morgan fingerprint density at radius 2 is 1.78 bits per heavy atom. The molecule has 0 spiro atoms. The Morgan fingerprint density at radius 3 is 2.56 bits per heavy atom. The molecule has 2 aromatic rings. The molecule has 2 aliphatic rings. The number of hydrogen-bond acceptors (Lipinski definition) is 9. The molecule has 32 heavy (non-hydrogen) atoms. The van der Waals surface area contributed by atoms with E-state index in [-0.39, 0.29) is 0 Å². The topological polar surface area (TPSA) is 97.8 Å². The zero-order chi connectivity index (χ0) is 22.2. The Kier molecular flexibility index (Phi) is 7.87. The van der Waals surface area contributed by atoms with Crippen molar-refractivity contribution in [3.05, 3.63) is 41.5 Å². The van der Waals surface area contributed by atoms with Crippen LogP contribution in [0, 0.1) is 6.92 Å². The first-order valence-electron chi connectivity index (χ1n) is 11.2. The minimum Gasteiger partial charge on any atom is -0.476 e. The zero-order valence-electron chi connectivity index (χ0n) is 18.7.